The number of hydrogen-bond donors (Lipinski definition) is 0. The molecular weight excluding hydrogens is 389 g/mol. The molecule has 1 atom stereocenters. The van der Waals surface area contributed by atoms with Crippen molar-refractivity contribution in [2.24, 2.45) is 5.92 Å². The summed E-state index contributed by atoms with van der Waals surface area (Å²) in [6.07, 6.45) is 0.0679. The lowest BCUT2D eigenvalue weighted by molar-refractivity contribution is -0.147. The number of ketones is 1. The normalized spacial score (nSPS) is 16.4. The van der Waals surface area contributed by atoms with Gasteiger partial charge in [0.2, 0.25) is 5.91 Å². The van der Waals surface area contributed by atoms with Crippen molar-refractivity contribution in [3.63, 3.8) is 0 Å². The highest BCUT2D eigenvalue weighted by molar-refractivity contribution is 6.31. The van der Waals surface area contributed by atoms with E-state index in [4.69, 9.17) is 27.9 Å². The lowest BCUT2D eigenvalue weighted by Crippen LogP contribution is -2.27. The van der Waals surface area contributed by atoms with Crippen molar-refractivity contribution in [2.75, 3.05) is 13.2 Å². The molecule has 0 aromatic heterocycles. The minimum Gasteiger partial charge on any atom is -0.457 e. The molecule has 1 aliphatic heterocycles. The third kappa shape index (κ3) is 4.87. The maximum absolute atomic E-state index is 12.2. The molecule has 5 nitrogen and oxygen atoms in total. The van der Waals surface area contributed by atoms with Crippen LogP contribution in [0, 0.1) is 5.92 Å². The van der Waals surface area contributed by atoms with Crippen molar-refractivity contribution >= 4 is 40.9 Å². The second-order valence-electron chi connectivity index (χ2n) is 6.30. The molecule has 0 spiro atoms. The molecule has 140 valence electrons. The largest absolute Gasteiger partial charge is 0.457 e. The Morgan fingerprint density at radius 1 is 1.07 bits per heavy atom. The zero-order valence-electron chi connectivity index (χ0n) is 14.4. The summed E-state index contributed by atoms with van der Waals surface area (Å²) in [7, 11) is 0. The van der Waals surface area contributed by atoms with Gasteiger partial charge >= 0.3 is 5.97 Å². The topological polar surface area (TPSA) is 63.7 Å². The molecule has 3 rings (SSSR count). The van der Waals surface area contributed by atoms with Crippen LogP contribution in [0.15, 0.2) is 48.5 Å². The van der Waals surface area contributed by atoms with Gasteiger partial charge in [-0.15, -0.1) is 0 Å². The molecule has 2 aromatic rings. The van der Waals surface area contributed by atoms with Gasteiger partial charge in [-0.25, -0.2) is 0 Å². The predicted octanol–water partition coefficient (Wildman–Crippen LogP) is 3.77. The van der Waals surface area contributed by atoms with Gasteiger partial charge in [0.25, 0.3) is 0 Å². The molecule has 0 aliphatic carbocycles. The number of amides is 1. The highest BCUT2D eigenvalue weighted by Gasteiger charge is 2.35. The first kappa shape index (κ1) is 19.4. The fourth-order valence-electron chi connectivity index (χ4n) is 2.89. The third-order valence-electron chi connectivity index (χ3n) is 4.38. The van der Waals surface area contributed by atoms with Crippen LogP contribution in [-0.2, 0) is 20.9 Å². The Hall–Kier alpha value is -2.37. The van der Waals surface area contributed by atoms with E-state index in [1.54, 1.807) is 35.2 Å². The molecule has 1 heterocycles. The number of Topliss-reactive ketones (excluding diaryl/α,β-unsaturated/α-hetero) is 1. The Labute approximate surface area is 166 Å². The van der Waals surface area contributed by atoms with Gasteiger partial charge < -0.3 is 9.64 Å². The Kier molecular flexibility index (Phi) is 6.14. The lowest BCUT2D eigenvalue weighted by Gasteiger charge is -2.17. The summed E-state index contributed by atoms with van der Waals surface area (Å²) in [6, 6.07) is 13.6. The predicted molar refractivity (Wildman–Crippen MR) is 102 cm³/mol. The molecule has 0 bridgehead atoms. The summed E-state index contributed by atoms with van der Waals surface area (Å²) < 4.78 is 5.12. The fourth-order valence-corrected chi connectivity index (χ4v) is 3.21. The van der Waals surface area contributed by atoms with E-state index in [1.807, 2.05) is 18.2 Å². The van der Waals surface area contributed by atoms with E-state index < -0.39 is 11.9 Å². The first-order chi connectivity index (χ1) is 12.9. The number of likely N-dealkylation sites (tertiary alicyclic amines) is 1. The van der Waals surface area contributed by atoms with Gasteiger partial charge in [-0.3, -0.25) is 14.4 Å². The number of hydrogen-bond acceptors (Lipinski definition) is 4. The van der Waals surface area contributed by atoms with Crippen molar-refractivity contribution in [2.45, 2.75) is 13.0 Å². The average Bonchev–Trinajstić information content (AvgIpc) is 3.02. The third-order valence-corrected chi connectivity index (χ3v) is 5.00. The number of esters is 1. The Bertz CT molecular complexity index is 867. The maximum Gasteiger partial charge on any atom is 0.311 e. The highest BCUT2D eigenvalue weighted by Crippen LogP contribution is 2.24. The molecule has 0 radical (unpaired) electrons. The summed E-state index contributed by atoms with van der Waals surface area (Å²) in [6.45, 7) is 0.222. The zero-order chi connectivity index (χ0) is 19.4. The van der Waals surface area contributed by atoms with E-state index in [0.29, 0.717) is 22.2 Å². The first-order valence-electron chi connectivity index (χ1n) is 8.40. The van der Waals surface area contributed by atoms with E-state index in [0.717, 1.165) is 5.56 Å². The number of benzene rings is 2. The number of carbonyl (C=O) groups is 3. The summed E-state index contributed by atoms with van der Waals surface area (Å²) in [4.78, 5) is 38.1. The molecule has 0 unspecified atom stereocenters. The molecule has 1 aliphatic rings. The minimum atomic E-state index is -0.585. The molecule has 7 heteroatoms. The van der Waals surface area contributed by atoms with Gasteiger partial charge in [0.05, 0.1) is 5.92 Å². The number of halogens is 2. The maximum atomic E-state index is 12.2. The Balaban J connectivity index is 1.53. The quantitative estimate of drug-likeness (QED) is 0.541. The number of nitrogens with zero attached hydrogens (tertiary/aromatic N) is 1. The van der Waals surface area contributed by atoms with Crippen LogP contribution in [0.25, 0.3) is 0 Å². The van der Waals surface area contributed by atoms with E-state index in [9.17, 15) is 14.4 Å². The van der Waals surface area contributed by atoms with Crippen LogP contribution in [-0.4, -0.2) is 35.7 Å². The summed E-state index contributed by atoms with van der Waals surface area (Å²) >= 11 is 11.9. The Morgan fingerprint density at radius 3 is 2.48 bits per heavy atom. The molecule has 0 saturated carbocycles. The van der Waals surface area contributed by atoms with Crippen LogP contribution in [0.3, 0.4) is 0 Å². The van der Waals surface area contributed by atoms with Crippen LogP contribution < -0.4 is 0 Å². The standard InChI is InChI=1S/C20H17Cl2NO4/c21-16-7-5-13(6-8-16)18(24)12-27-20(26)15-9-19(25)23(11-15)10-14-3-1-2-4-17(14)22/h1-8,15H,9-12H2/t15-/m0/s1. The summed E-state index contributed by atoms with van der Waals surface area (Å²) in [5, 5.41) is 1.09. The smallest absolute Gasteiger partial charge is 0.311 e. The molecular formula is C20H17Cl2NO4. The van der Waals surface area contributed by atoms with Crippen molar-refractivity contribution in [1.29, 1.82) is 0 Å². The van der Waals surface area contributed by atoms with Crippen molar-refractivity contribution < 1.29 is 19.1 Å². The molecule has 1 amide bonds. The van der Waals surface area contributed by atoms with E-state index in [-0.39, 0.29) is 31.3 Å². The van der Waals surface area contributed by atoms with Crippen LogP contribution in [0.5, 0.6) is 0 Å². The van der Waals surface area contributed by atoms with E-state index >= 15 is 0 Å². The van der Waals surface area contributed by atoms with Gasteiger partial charge in [-0.2, -0.15) is 0 Å². The zero-order valence-corrected chi connectivity index (χ0v) is 15.9. The van der Waals surface area contributed by atoms with Crippen LogP contribution in [0.2, 0.25) is 10.0 Å². The Morgan fingerprint density at radius 2 is 1.78 bits per heavy atom. The molecule has 2 aromatic carbocycles. The van der Waals surface area contributed by atoms with Gasteiger partial charge in [-0.1, -0.05) is 41.4 Å². The second kappa shape index (κ2) is 8.55. The highest BCUT2D eigenvalue weighted by atomic mass is 35.5. The molecule has 1 saturated heterocycles. The summed E-state index contributed by atoms with van der Waals surface area (Å²) in [5.74, 6) is -1.59. The number of carbonyl (C=O) groups excluding carboxylic acids is 3. The molecule has 1 fully saturated rings. The lowest BCUT2D eigenvalue weighted by atomic mass is 10.1. The van der Waals surface area contributed by atoms with Crippen LogP contribution in [0.1, 0.15) is 22.3 Å². The first-order valence-corrected chi connectivity index (χ1v) is 9.16. The number of ether oxygens (including phenoxy) is 1. The van der Waals surface area contributed by atoms with Crippen LogP contribution >= 0.6 is 23.2 Å². The van der Waals surface area contributed by atoms with E-state index in [2.05, 4.69) is 0 Å². The average molecular weight is 406 g/mol. The molecule has 27 heavy (non-hydrogen) atoms. The number of rotatable bonds is 6. The van der Waals surface area contributed by atoms with Gasteiger partial charge in [0, 0.05) is 35.1 Å². The monoisotopic (exact) mass is 405 g/mol. The summed E-state index contributed by atoms with van der Waals surface area (Å²) in [5.41, 5.74) is 1.23. The fraction of sp³-hybridized carbons (Fsp3) is 0.250. The van der Waals surface area contributed by atoms with Crippen molar-refractivity contribution in [3.05, 3.63) is 69.7 Å². The van der Waals surface area contributed by atoms with Gasteiger partial charge in [-0.05, 0) is 35.9 Å². The van der Waals surface area contributed by atoms with E-state index in [1.165, 1.54) is 0 Å². The molecule has 0 N–H and O–H groups in total. The van der Waals surface area contributed by atoms with Crippen LogP contribution in [0.4, 0.5) is 0 Å². The van der Waals surface area contributed by atoms with Crippen molar-refractivity contribution in [1.82, 2.24) is 4.90 Å². The van der Waals surface area contributed by atoms with Crippen molar-refractivity contribution in [3.8, 4) is 0 Å². The van der Waals surface area contributed by atoms with Gasteiger partial charge in [0.15, 0.2) is 12.4 Å². The van der Waals surface area contributed by atoms with Gasteiger partial charge in [0.1, 0.15) is 0 Å². The second-order valence-corrected chi connectivity index (χ2v) is 7.15. The minimum absolute atomic E-state index is 0.0679. The SMILES string of the molecule is O=C(COC(=O)[C@H]1CC(=O)N(Cc2ccccc2Cl)C1)c1ccc(Cl)cc1.